The fourth-order valence-electron chi connectivity index (χ4n) is 3.32. The predicted octanol–water partition coefficient (Wildman–Crippen LogP) is 5.41. The number of hydrogen-bond donors (Lipinski definition) is 2. The van der Waals surface area contributed by atoms with E-state index in [4.69, 9.17) is 9.47 Å². The first kappa shape index (κ1) is 28.5. The summed E-state index contributed by atoms with van der Waals surface area (Å²) in [5.74, 6) is 0.140. The lowest BCUT2D eigenvalue weighted by Crippen LogP contribution is -2.44. The van der Waals surface area contributed by atoms with Crippen molar-refractivity contribution >= 4 is 18.0 Å². The molecule has 2 N–H and O–H groups in total. The van der Waals surface area contributed by atoms with Gasteiger partial charge in [-0.25, -0.2) is 9.59 Å². The second kappa shape index (κ2) is 13.2. The maximum atomic E-state index is 13.0. The van der Waals surface area contributed by atoms with E-state index in [1.807, 2.05) is 45.9 Å². The molecule has 7 heteroatoms. The van der Waals surface area contributed by atoms with Crippen molar-refractivity contribution < 1.29 is 23.9 Å². The molecule has 0 bridgehead atoms. The van der Waals surface area contributed by atoms with Gasteiger partial charge >= 0.3 is 12.2 Å². The largest absolute Gasteiger partial charge is 0.444 e. The van der Waals surface area contributed by atoms with Gasteiger partial charge in [0, 0.05) is 13.0 Å². The van der Waals surface area contributed by atoms with Gasteiger partial charge in [0.05, 0.1) is 6.04 Å². The molecular formula is C26H42N2O5. The molecule has 0 fully saturated rings. The Morgan fingerprint density at radius 1 is 0.879 bits per heavy atom. The van der Waals surface area contributed by atoms with Crippen LogP contribution in [0.2, 0.25) is 0 Å². The molecule has 186 valence electrons. The van der Waals surface area contributed by atoms with Crippen LogP contribution in [-0.2, 0) is 20.7 Å². The molecule has 1 aromatic rings. The third kappa shape index (κ3) is 14.2. The van der Waals surface area contributed by atoms with E-state index in [2.05, 4.69) is 22.8 Å². The van der Waals surface area contributed by atoms with Crippen molar-refractivity contribution in [3.8, 4) is 0 Å². The molecule has 2 atom stereocenters. The molecule has 0 spiro atoms. The Hall–Kier alpha value is -2.57. The van der Waals surface area contributed by atoms with Crippen molar-refractivity contribution in [3.05, 3.63) is 35.9 Å². The van der Waals surface area contributed by atoms with Crippen LogP contribution in [0.4, 0.5) is 9.59 Å². The highest BCUT2D eigenvalue weighted by Crippen LogP contribution is 2.16. The molecule has 1 aromatic carbocycles. The summed E-state index contributed by atoms with van der Waals surface area (Å²) in [6, 6.07) is 9.42. The Balaban J connectivity index is 2.59. The van der Waals surface area contributed by atoms with Gasteiger partial charge < -0.3 is 20.1 Å². The van der Waals surface area contributed by atoms with E-state index in [0.717, 1.165) is 6.42 Å². The molecule has 0 saturated carbocycles. The van der Waals surface area contributed by atoms with E-state index in [9.17, 15) is 14.4 Å². The van der Waals surface area contributed by atoms with Gasteiger partial charge in [-0.15, -0.1) is 0 Å². The quantitative estimate of drug-likeness (QED) is 0.429. The second-order valence-corrected chi connectivity index (χ2v) is 10.6. The number of carbonyl (C=O) groups is 3. The molecule has 0 aliphatic rings. The normalized spacial score (nSPS) is 13.5. The second-order valence-electron chi connectivity index (χ2n) is 10.6. The lowest BCUT2D eigenvalue weighted by Gasteiger charge is -2.24. The summed E-state index contributed by atoms with van der Waals surface area (Å²) in [7, 11) is 0. The Kier molecular flexibility index (Phi) is 11.4. The highest BCUT2D eigenvalue weighted by molar-refractivity contribution is 5.87. The van der Waals surface area contributed by atoms with Crippen LogP contribution in [0.15, 0.2) is 30.3 Å². The molecule has 0 saturated heterocycles. The summed E-state index contributed by atoms with van der Waals surface area (Å²) >= 11 is 0. The zero-order valence-corrected chi connectivity index (χ0v) is 21.3. The molecule has 2 amide bonds. The number of unbranched alkanes of at least 4 members (excludes halogenated alkanes) is 1. The van der Waals surface area contributed by atoms with Crippen LogP contribution in [-0.4, -0.2) is 41.8 Å². The van der Waals surface area contributed by atoms with Crippen LogP contribution >= 0.6 is 0 Å². The van der Waals surface area contributed by atoms with Crippen LogP contribution in [0.5, 0.6) is 0 Å². The number of ketones is 1. The number of amides is 2. The van der Waals surface area contributed by atoms with Gasteiger partial charge in [-0.3, -0.25) is 4.79 Å². The van der Waals surface area contributed by atoms with E-state index in [1.54, 1.807) is 20.8 Å². The topological polar surface area (TPSA) is 93.7 Å². The van der Waals surface area contributed by atoms with Crippen molar-refractivity contribution in [2.75, 3.05) is 6.54 Å². The average Bonchev–Trinajstić information content (AvgIpc) is 2.64. The van der Waals surface area contributed by atoms with Gasteiger partial charge in [-0.2, -0.15) is 0 Å². The molecule has 1 rings (SSSR count). The average molecular weight is 463 g/mol. The smallest absolute Gasteiger partial charge is 0.408 e. The maximum absolute atomic E-state index is 13.0. The van der Waals surface area contributed by atoms with Crippen LogP contribution in [0, 0.1) is 5.92 Å². The Bertz CT molecular complexity index is 750. The van der Waals surface area contributed by atoms with Crippen molar-refractivity contribution in [3.63, 3.8) is 0 Å². The molecule has 0 heterocycles. The highest BCUT2D eigenvalue weighted by Gasteiger charge is 2.25. The zero-order chi connectivity index (χ0) is 25.1. The molecule has 33 heavy (non-hydrogen) atoms. The lowest BCUT2D eigenvalue weighted by atomic mass is 9.92. The van der Waals surface area contributed by atoms with Crippen molar-refractivity contribution in [2.24, 2.45) is 5.92 Å². The minimum absolute atomic E-state index is 0.00982. The summed E-state index contributed by atoms with van der Waals surface area (Å²) in [6.45, 7) is 13.3. The van der Waals surface area contributed by atoms with Gasteiger partial charge in [0.1, 0.15) is 11.2 Å². The van der Waals surface area contributed by atoms with Crippen molar-refractivity contribution in [1.82, 2.24) is 10.6 Å². The molecule has 0 radical (unpaired) electrons. The zero-order valence-electron chi connectivity index (χ0n) is 21.3. The Morgan fingerprint density at radius 2 is 1.45 bits per heavy atom. The van der Waals surface area contributed by atoms with E-state index in [0.29, 0.717) is 32.2 Å². The molecule has 0 unspecified atom stereocenters. The van der Waals surface area contributed by atoms with Crippen molar-refractivity contribution in [1.29, 1.82) is 0 Å². The summed E-state index contributed by atoms with van der Waals surface area (Å²) < 4.78 is 10.6. The van der Waals surface area contributed by atoms with Crippen LogP contribution in [0.25, 0.3) is 0 Å². The van der Waals surface area contributed by atoms with E-state index in [-0.39, 0.29) is 11.7 Å². The van der Waals surface area contributed by atoms with E-state index >= 15 is 0 Å². The fourth-order valence-corrected chi connectivity index (χ4v) is 3.32. The third-order valence-corrected chi connectivity index (χ3v) is 4.64. The summed E-state index contributed by atoms with van der Waals surface area (Å²) in [4.78, 5) is 37.1. The lowest BCUT2D eigenvalue weighted by molar-refractivity contribution is -0.122. The number of rotatable bonds is 11. The van der Waals surface area contributed by atoms with Gasteiger partial charge in [0.2, 0.25) is 0 Å². The number of alkyl carbamates (subject to hydrolysis) is 2. The molecule has 7 nitrogen and oxygen atoms in total. The summed E-state index contributed by atoms with van der Waals surface area (Å²) in [6.07, 6.45) is 1.91. The van der Waals surface area contributed by atoms with E-state index < -0.39 is 29.4 Å². The first-order valence-electron chi connectivity index (χ1n) is 11.8. The standard InChI is InChI=1S/C26H42N2O5/c1-19(17-20-13-9-8-10-14-20)18-22(29)21(28-24(31)33-26(5,6)7)15-11-12-16-27-23(30)32-25(2,3)4/h8-10,13-14,19,21H,11-12,15-18H2,1-7H3,(H,27,30)(H,28,31)/t19-,21-/m0/s1. The first-order chi connectivity index (χ1) is 15.2. The predicted molar refractivity (Wildman–Crippen MR) is 130 cm³/mol. The molecular weight excluding hydrogens is 420 g/mol. The maximum Gasteiger partial charge on any atom is 0.408 e. The number of hydrogen-bond acceptors (Lipinski definition) is 5. The first-order valence-corrected chi connectivity index (χ1v) is 11.8. The van der Waals surface area contributed by atoms with E-state index in [1.165, 1.54) is 5.56 Å². The van der Waals surface area contributed by atoms with Gasteiger partial charge in [0.25, 0.3) is 0 Å². The SMILES string of the molecule is C[C@H](CC(=O)[C@H](CCCCNC(=O)OC(C)(C)C)NC(=O)OC(C)(C)C)Cc1ccccc1. The fraction of sp³-hybridized carbons (Fsp3) is 0.654. The number of benzene rings is 1. The summed E-state index contributed by atoms with van der Waals surface area (Å²) in [5.41, 5.74) is -0.00646. The number of ether oxygens (including phenoxy) is 2. The summed E-state index contributed by atoms with van der Waals surface area (Å²) in [5, 5.41) is 5.47. The highest BCUT2D eigenvalue weighted by atomic mass is 16.6. The van der Waals surface area contributed by atoms with Gasteiger partial charge in [-0.05, 0) is 78.7 Å². The molecule has 0 aliphatic heterocycles. The van der Waals surface area contributed by atoms with Gasteiger partial charge in [0.15, 0.2) is 5.78 Å². The third-order valence-electron chi connectivity index (χ3n) is 4.64. The minimum atomic E-state index is -0.643. The van der Waals surface area contributed by atoms with Gasteiger partial charge in [-0.1, -0.05) is 37.3 Å². The monoisotopic (exact) mass is 462 g/mol. The molecule has 0 aliphatic carbocycles. The Morgan fingerprint density at radius 3 is 2.03 bits per heavy atom. The van der Waals surface area contributed by atoms with Crippen LogP contribution in [0.3, 0.4) is 0 Å². The minimum Gasteiger partial charge on any atom is -0.444 e. The number of carbonyl (C=O) groups excluding carboxylic acids is 3. The van der Waals surface area contributed by atoms with Crippen LogP contribution < -0.4 is 10.6 Å². The molecule has 0 aromatic heterocycles. The van der Waals surface area contributed by atoms with Crippen molar-refractivity contribution in [2.45, 2.75) is 97.8 Å². The Labute approximate surface area is 199 Å². The number of Topliss-reactive ketones (excluding diaryl/α,β-unsaturated/α-hetero) is 1. The van der Waals surface area contributed by atoms with Crippen LogP contribution in [0.1, 0.15) is 79.7 Å². The number of nitrogens with one attached hydrogen (secondary N) is 2.